The normalized spacial score (nSPS) is 23.7. The van der Waals surface area contributed by atoms with Crippen molar-refractivity contribution in [1.82, 2.24) is 9.62 Å². The number of anilines is 1. The van der Waals surface area contributed by atoms with E-state index < -0.39 is 15.3 Å². The maximum absolute atomic E-state index is 12.8. The van der Waals surface area contributed by atoms with Gasteiger partial charge < -0.3 is 10.2 Å². The first-order valence-electron chi connectivity index (χ1n) is 10.3. The summed E-state index contributed by atoms with van der Waals surface area (Å²) in [5.41, 5.74) is 0.450. The largest absolute Gasteiger partial charge is 0.341 e. The number of piperidine rings is 1. The molecule has 9 heteroatoms. The van der Waals surface area contributed by atoms with Crippen molar-refractivity contribution in [3.8, 4) is 0 Å². The van der Waals surface area contributed by atoms with E-state index in [9.17, 15) is 18.0 Å². The highest BCUT2D eigenvalue weighted by atomic mass is 32.2. The van der Waals surface area contributed by atoms with Gasteiger partial charge in [0.2, 0.25) is 21.8 Å². The first kappa shape index (κ1) is 20.7. The van der Waals surface area contributed by atoms with Gasteiger partial charge in [-0.3, -0.25) is 9.59 Å². The van der Waals surface area contributed by atoms with Crippen LogP contribution in [-0.2, 0) is 19.6 Å². The second-order valence-electron chi connectivity index (χ2n) is 8.26. The Labute approximate surface area is 176 Å². The van der Waals surface area contributed by atoms with Gasteiger partial charge >= 0.3 is 0 Å². The molecule has 0 unspecified atom stereocenters. The molecule has 29 heavy (non-hydrogen) atoms. The number of hydrogen-bond donors (Lipinski definition) is 2. The molecule has 2 amide bonds. The first-order chi connectivity index (χ1) is 13.8. The molecule has 1 aromatic rings. The molecule has 0 spiro atoms. The zero-order valence-corrected chi connectivity index (χ0v) is 18.2. The van der Waals surface area contributed by atoms with E-state index >= 15 is 0 Å². The van der Waals surface area contributed by atoms with Crippen LogP contribution in [0.3, 0.4) is 0 Å². The van der Waals surface area contributed by atoms with Crippen LogP contribution in [-0.4, -0.2) is 49.5 Å². The van der Waals surface area contributed by atoms with Crippen LogP contribution in [0.15, 0.2) is 28.0 Å². The average molecular weight is 438 g/mol. The monoisotopic (exact) mass is 437 g/mol. The number of carbonyl (C=O) groups excluding carboxylic acids is 2. The summed E-state index contributed by atoms with van der Waals surface area (Å²) in [5.74, 6) is 0.0555. The van der Waals surface area contributed by atoms with Crippen molar-refractivity contribution in [3.05, 3.63) is 18.2 Å². The van der Waals surface area contributed by atoms with Gasteiger partial charge in [-0.25, -0.2) is 13.1 Å². The smallest absolute Gasteiger partial charge is 0.247 e. The number of fused-ring (bicyclic) bond motifs is 1. The molecule has 2 fully saturated rings. The summed E-state index contributed by atoms with van der Waals surface area (Å²) < 4.78 is 28.1. The van der Waals surface area contributed by atoms with Gasteiger partial charge in [-0.05, 0) is 49.8 Å². The summed E-state index contributed by atoms with van der Waals surface area (Å²) in [7, 11) is -3.63. The lowest BCUT2D eigenvalue weighted by Gasteiger charge is -2.33. The second kappa shape index (κ2) is 8.28. The van der Waals surface area contributed by atoms with Gasteiger partial charge in [0.1, 0.15) is 0 Å². The number of sulfonamides is 1. The maximum Gasteiger partial charge on any atom is 0.247 e. The highest BCUT2D eigenvalue weighted by Gasteiger charge is 2.37. The first-order valence-corrected chi connectivity index (χ1v) is 12.6. The van der Waals surface area contributed by atoms with Crippen LogP contribution in [0.4, 0.5) is 5.69 Å². The SMILES string of the molecule is CC1CCN(C(=O)[C@@H]2Sc3ccc(S(=O)(=O)NC4CCCC4)cc3NC2=O)CC1. The molecule has 2 aliphatic heterocycles. The summed E-state index contributed by atoms with van der Waals surface area (Å²) in [4.78, 5) is 28.1. The summed E-state index contributed by atoms with van der Waals surface area (Å²) in [5, 5.41) is 1.92. The lowest BCUT2D eigenvalue weighted by Crippen LogP contribution is -2.47. The minimum atomic E-state index is -3.63. The van der Waals surface area contributed by atoms with Crippen molar-refractivity contribution in [2.24, 2.45) is 5.92 Å². The van der Waals surface area contributed by atoms with Crippen LogP contribution < -0.4 is 10.0 Å². The fourth-order valence-electron chi connectivity index (χ4n) is 4.14. The van der Waals surface area contributed by atoms with Gasteiger partial charge in [-0.1, -0.05) is 19.8 Å². The van der Waals surface area contributed by atoms with E-state index in [2.05, 4.69) is 17.0 Å². The van der Waals surface area contributed by atoms with Crippen molar-refractivity contribution in [3.63, 3.8) is 0 Å². The quantitative estimate of drug-likeness (QED) is 0.706. The molecule has 1 saturated carbocycles. The number of rotatable bonds is 4. The third-order valence-electron chi connectivity index (χ3n) is 6.00. The fourth-order valence-corrected chi connectivity index (χ4v) is 6.53. The molecule has 2 N–H and O–H groups in total. The van der Waals surface area contributed by atoms with E-state index in [1.165, 1.54) is 17.8 Å². The van der Waals surface area contributed by atoms with E-state index in [1.54, 1.807) is 17.0 Å². The van der Waals surface area contributed by atoms with Gasteiger partial charge in [0.25, 0.3) is 0 Å². The molecule has 3 aliphatic rings. The Morgan fingerprint density at radius 2 is 1.86 bits per heavy atom. The van der Waals surface area contributed by atoms with Crippen molar-refractivity contribution in [2.45, 2.75) is 66.5 Å². The molecule has 0 aromatic heterocycles. The van der Waals surface area contributed by atoms with Gasteiger partial charge in [-0.15, -0.1) is 11.8 Å². The summed E-state index contributed by atoms with van der Waals surface area (Å²) >= 11 is 1.20. The molecule has 2 heterocycles. The number of nitrogens with zero attached hydrogens (tertiary/aromatic N) is 1. The van der Waals surface area contributed by atoms with Crippen LogP contribution in [0.2, 0.25) is 0 Å². The maximum atomic E-state index is 12.8. The van der Waals surface area contributed by atoms with Crippen LogP contribution in [0.1, 0.15) is 45.4 Å². The Kier molecular flexibility index (Phi) is 5.90. The standard InChI is InChI=1S/C20H27N3O4S2/c1-13-8-10-23(11-9-13)20(25)18-19(24)21-16-12-15(6-7-17(16)28-18)29(26,27)22-14-4-2-3-5-14/h6-7,12-14,18,22H,2-5,8-11H2,1H3,(H,21,24)/t18-/m1/s1. The average Bonchev–Trinajstić information content (AvgIpc) is 3.19. The molecule has 1 saturated heterocycles. The summed E-state index contributed by atoms with van der Waals surface area (Å²) in [6, 6.07) is 4.70. The number of amides is 2. The zero-order valence-electron chi connectivity index (χ0n) is 16.5. The lowest BCUT2D eigenvalue weighted by atomic mass is 9.99. The van der Waals surface area contributed by atoms with Gasteiger partial charge in [-0.2, -0.15) is 0 Å². The number of thioether (sulfide) groups is 1. The zero-order chi connectivity index (χ0) is 20.6. The Morgan fingerprint density at radius 1 is 1.17 bits per heavy atom. The van der Waals surface area contributed by atoms with Crippen molar-refractivity contribution in [1.29, 1.82) is 0 Å². The highest BCUT2D eigenvalue weighted by molar-refractivity contribution is 8.01. The van der Waals surface area contributed by atoms with Crippen LogP contribution in [0.25, 0.3) is 0 Å². The lowest BCUT2D eigenvalue weighted by molar-refractivity contribution is -0.135. The number of nitrogens with one attached hydrogen (secondary N) is 2. The Bertz CT molecular complexity index is 904. The van der Waals surface area contributed by atoms with Gasteiger partial charge in [0, 0.05) is 24.0 Å². The van der Waals surface area contributed by atoms with E-state index in [1.807, 2.05) is 0 Å². The number of benzene rings is 1. The molecule has 0 bridgehead atoms. The highest BCUT2D eigenvalue weighted by Crippen LogP contribution is 2.38. The number of likely N-dealkylation sites (tertiary alicyclic amines) is 1. The van der Waals surface area contributed by atoms with Gasteiger partial charge in [0.05, 0.1) is 10.6 Å². The minimum Gasteiger partial charge on any atom is -0.341 e. The molecule has 0 radical (unpaired) electrons. The molecule has 7 nitrogen and oxygen atoms in total. The predicted octanol–water partition coefficient (Wildman–Crippen LogP) is 2.58. The number of carbonyl (C=O) groups is 2. The molecule has 4 rings (SSSR count). The molecular weight excluding hydrogens is 410 g/mol. The van der Waals surface area contributed by atoms with E-state index in [4.69, 9.17) is 0 Å². The minimum absolute atomic E-state index is 0.0192. The Balaban J connectivity index is 1.49. The second-order valence-corrected chi connectivity index (χ2v) is 11.1. The molecule has 1 aromatic carbocycles. The molecule has 1 aliphatic carbocycles. The van der Waals surface area contributed by atoms with E-state index in [-0.39, 0.29) is 22.8 Å². The topological polar surface area (TPSA) is 95.6 Å². The van der Waals surface area contributed by atoms with E-state index in [0.29, 0.717) is 29.6 Å². The molecular formula is C20H27N3O4S2. The third-order valence-corrected chi connectivity index (χ3v) is 8.78. The van der Waals surface area contributed by atoms with Crippen molar-refractivity contribution >= 4 is 39.3 Å². The third kappa shape index (κ3) is 4.46. The van der Waals surface area contributed by atoms with Crippen LogP contribution >= 0.6 is 11.8 Å². The van der Waals surface area contributed by atoms with Crippen LogP contribution in [0.5, 0.6) is 0 Å². The van der Waals surface area contributed by atoms with E-state index in [0.717, 1.165) is 38.5 Å². The Morgan fingerprint density at radius 3 is 2.55 bits per heavy atom. The van der Waals surface area contributed by atoms with Crippen molar-refractivity contribution in [2.75, 3.05) is 18.4 Å². The molecule has 1 atom stereocenters. The molecule has 158 valence electrons. The van der Waals surface area contributed by atoms with Crippen LogP contribution in [0, 0.1) is 5.92 Å². The summed E-state index contributed by atoms with van der Waals surface area (Å²) in [6.07, 6.45) is 5.70. The fraction of sp³-hybridized carbons (Fsp3) is 0.600. The summed E-state index contributed by atoms with van der Waals surface area (Å²) in [6.45, 7) is 3.54. The Hall–Kier alpha value is -1.58. The van der Waals surface area contributed by atoms with Crippen molar-refractivity contribution < 1.29 is 18.0 Å². The van der Waals surface area contributed by atoms with Gasteiger partial charge in [0.15, 0.2) is 5.25 Å². The predicted molar refractivity (Wildman–Crippen MR) is 112 cm³/mol. The number of hydrogen-bond acceptors (Lipinski definition) is 5.